The minimum absolute atomic E-state index is 0.274. The number of amides is 1. The second-order valence-corrected chi connectivity index (χ2v) is 8.72. The second-order valence-electron chi connectivity index (χ2n) is 8.72. The van der Waals surface area contributed by atoms with Gasteiger partial charge in [0.05, 0.1) is 10.8 Å². The highest BCUT2D eigenvalue weighted by Gasteiger charge is 2.17. The lowest BCUT2D eigenvalue weighted by molar-refractivity contribution is -0.117. The van der Waals surface area contributed by atoms with Crippen LogP contribution >= 0.6 is 0 Å². The zero-order chi connectivity index (χ0) is 24.2. The van der Waals surface area contributed by atoms with Crippen LogP contribution in [0.1, 0.15) is 5.56 Å². The number of nitrogens with one attached hydrogen (secondary N) is 2. The molecule has 0 aliphatic carbocycles. The van der Waals surface area contributed by atoms with Crippen LogP contribution in [-0.4, -0.2) is 46.8 Å². The Balaban J connectivity index is 1.17. The van der Waals surface area contributed by atoms with Crippen LogP contribution in [0.5, 0.6) is 0 Å². The summed E-state index contributed by atoms with van der Waals surface area (Å²) in [6.07, 6.45) is 0. The van der Waals surface area contributed by atoms with E-state index in [2.05, 4.69) is 44.5 Å². The van der Waals surface area contributed by atoms with Crippen molar-refractivity contribution >= 4 is 28.1 Å². The standard InChI is InChI=1S/C27H27N5O3/c33-25(19-32-27(35)24-9-5-4-8-23(24)26(34)29-32)28-21-10-12-22(13-11-21)31-16-14-30(15-17-31)18-20-6-2-1-3-7-20/h1-13H,14-19H2,(H,28,33)(H,29,34). The Morgan fingerprint density at radius 3 is 2.17 bits per heavy atom. The van der Waals surface area contributed by atoms with Gasteiger partial charge in [0.1, 0.15) is 6.54 Å². The minimum Gasteiger partial charge on any atom is -0.369 e. The van der Waals surface area contributed by atoms with Crippen LogP contribution in [0.15, 0.2) is 88.5 Å². The van der Waals surface area contributed by atoms with Gasteiger partial charge in [-0.25, -0.2) is 4.68 Å². The van der Waals surface area contributed by atoms with E-state index in [-0.39, 0.29) is 17.8 Å². The summed E-state index contributed by atoms with van der Waals surface area (Å²) in [7, 11) is 0. The average Bonchev–Trinajstić information content (AvgIpc) is 2.89. The van der Waals surface area contributed by atoms with Gasteiger partial charge in [0.2, 0.25) is 5.91 Å². The van der Waals surface area contributed by atoms with Crippen molar-refractivity contribution in [3.63, 3.8) is 0 Å². The molecule has 1 fully saturated rings. The van der Waals surface area contributed by atoms with Crippen LogP contribution in [0.25, 0.3) is 10.8 Å². The first kappa shape index (κ1) is 22.6. The van der Waals surface area contributed by atoms with Gasteiger partial charge in [-0.15, -0.1) is 0 Å². The molecule has 1 aromatic heterocycles. The number of hydrogen-bond acceptors (Lipinski definition) is 5. The summed E-state index contributed by atoms with van der Waals surface area (Å²) in [4.78, 5) is 42.2. The molecule has 178 valence electrons. The number of aromatic nitrogens is 2. The SMILES string of the molecule is O=C(Cn1[nH]c(=O)c2ccccc2c1=O)Nc1ccc(N2CCN(Cc3ccccc3)CC2)cc1. The molecule has 0 radical (unpaired) electrons. The molecule has 0 saturated carbocycles. The predicted octanol–water partition coefficient (Wildman–Crippen LogP) is 2.65. The summed E-state index contributed by atoms with van der Waals surface area (Å²) in [6.45, 7) is 4.56. The van der Waals surface area contributed by atoms with Crippen molar-refractivity contribution < 1.29 is 4.79 Å². The quantitative estimate of drug-likeness (QED) is 0.453. The number of nitrogens with zero attached hydrogens (tertiary/aromatic N) is 3. The van der Waals surface area contributed by atoms with E-state index in [9.17, 15) is 14.4 Å². The van der Waals surface area contributed by atoms with Gasteiger partial charge in [0.25, 0.3) is 11.1 Å². The van der Waals surface area contributed by atoms with Gasteiger partial charge in [-0.1, -0.05) is 42.5 Å². The van der Waals surface area contributed by atoms with E-state index >= 15 is 0 Å². The summed E-state index contributed by atoms with van der Waals surface area (Å²) in [6, 6.07) is 24.8. The van der Waals surface area contributed by atoms with Crippen molar-refractivity contribution in [1.82, 2.24) is 14.7 Å². The van der Waals surface area contributed by atoms with Crippen molar-refractivity contribution in [3.8, 4) is 0 Å². The number of anilines is 2. The third-order valence-corrected chi connectivity index (χ3v) is 6.32. The van der Waals surface area contributed by atoms with Crippen LogP contribution in [0.4, 0.5) is 11.4 Å². The van der Waals surface area contributed by atoms with Crippen LogP contribution in [0.3, 0.4) is 0 Å². The van der Waals surface area contributed by atoms with Gasteiger partial charge < -0.3 is 10.2 Å². The van der Waals surface area contributed by atoms with Crippen molar-refractivity contribution in [1.29, 1.82) is 0 Å². The maximum Gasteiger partial charge on any atom is 0.273 e. The number of H-pyrrole nitrogens is 1. The molecule has 1 aliphatic heterocycles. The van der Waals surface area contributed by atoms with Gasteiger partial charge in [0.15, 0.2) is 0 Å². The fraction of sp³-hybridized carbons (Fsp3) is 0.222. The number of carbonyl (C=O) groups excluding carboxylic acids is 1. The van der Waals surface area contributed by atoms with E-state index in [1.54, 1.807) is 24.3 Å². The van der Waals surface area contributed by atoms with Crippen LogP contribution in [0, 0.1) is 0 Å². The Labute approximate surface area is 202 Å². The molecule has 0 atom stereocenters. The Bertz CT molecular complexity index is 1440. The van der Waals surface area contributed by atoms with Crippen LogP contribution in [0.2, 0.25) is 0 Å². The van der Waals surface area contributed by atoms with Crippen molar-refractivity contribution in [2.45, 2.75) is 13.1 Å². The average molecular weight is 470 g/mol. The number of carbonyl (C=O) groups is 1. The number of benzene rings is 3. The molecule has 0 spiro atoms. The van der Waals surface area contributed by atoms with E-state index in [0.29, 0.717) is 11.1 Å². The molecule has 3 aromatic carbocycles. The highest BCUT2D eigenvalue weighted by molar-refractivity contribution is 5.91. The Kier molecular flexibility index (Phi) is 6.45. The topological polar surface area (TPSA) is 90.4 Å². The lowest BCUT2D eigenvalue weighted by Gasteiger charge is -2.36. The van der Waals surface area contributed by atoms with Gasteiger partial charge >= 0.3 is 0 Å². The fourth-order valence-electron chi connectivity index (χ4n) is 4.46. The zero-order valence-corrected chi connectivity index (χ0v) is 19.3. The number of piperazine rings is 1. The third-order valence-electron chi connectivity index (χ3n) is 6.32. The summed E-state index contributed by atoms with van der Waals surface area (Å²) < 4.78 is 1.04. The number of rotatable bonds is 6. The second kappa shape index (κ2) is 9.99. The van der Waals surface area contributed by atoms with Crippen LogP contribution < -0.4 is 21.3 Å². The largest absolute Gasteiger partial charge is 0.369 e. The first-order chi connectivity index (χ1) is 17.1. The van der Waals surface area contributed by atoms with E-state index in [1.165, 1.54) is 5.56 Å². The molecule has 8 heteroatoms. The van der Waals surface area contributed by atoms with Gasteiger partial charge in [-0.2, -0.15) is 0 Å². The Morgan fingerprint density at radius 1 is 0.800 bits per heavy atom. The molecule has 1 saturated heterocycles. The molecule has 4 aromatic rings. The van der Waals surface area contributed by atoms with Gasteiger partial charge in [-0.05, 0) is 42.0 Å². The highest BCUT2D eigenvalue weighted by atomic mass is 16.2. The lowest BCUT2D eigenvalue weighted by Crippen LogP contribution is -2.45. The van der Waals surface area contributed by atoms with E-state index in [0.717, 1.165) is 43.1 Å². The number of hydrogen-bond donors (Lipinski definition) is 2. The minimum atomic E-state index is -0.405. The van der Waals surface area contributed by atoms with Gasteiger partial charge in [-0.3, -0.25) is 24.4 Å². The Morgan fingerprint density at radius 2 is 1.46 bits per heavy atom. The van der Waals surface area contributed by atoms with Crippen LogP contribution in [-0.2, 0) is 17.9 Å². The maximum absolute atomic E-state index is 12.6. The molecule has 2 N–H and O–H groups in total. The molecule has 8 nitrogen and oxygen atoms in total. The molecule has 0 bridgehead atoms. The van der Waals surface area contributed by atoms with Crippen molar-refractivity contribution in [3.05, 3.63) is 105 Å². The predicted molar refractivity (Wildman–Crippen MR) is 138 cm³/mol. The smallest absolute Gasteiger partial charge is 0.273 e. The first-order valence-electron chi connectivity index (χ1n) is 11.7. The summed E-state index contributed by atoms with van der Waals surface area (Å²) in [5.74, 6) is -0.389. The third kappa shape index (κ3) is 5.17. The molecular weight excluding hydrogens is 442 g/mol. The van der Waals surface area contributed by atoms with Gasteiger partial charge in [0, 0.05) is 44.1 Å². The fourth-order valence-corrected chi connectivity index (χ4v) is 4.46. The lowest BCUT2D eigenvalue weighted by atomic mass is 10.2. The number of fused-ring (bicyclic) bond motifs is 1. The molecule has 1 amide bonds. The zero-order valence-electron chi connectivity index (χ0n) is 19.3. The number of aromatic amines is 1. The monoisotopic (exact) mass is 469 g/mol. The van der Waals surface area contributed by atoms with E-state index in [1.807, 2.05) is 30.3 Å². The molecule has 5 rings (SSSR count). The summed E-state index contributed by atoms with van der Waals surface area (Å²) >= 11 is 0. The van der Waals surface area contributed by atoms with E-state index < -0.39 is 11.1 Å². The molecular formula is C27H27N5O3. The molecule has 2 heterocycles. The van der Waals surface area contributed by atoms with Crippen molar-refractivity contribution in [2.75, 3.05) is 36.4 Å². The maximum atomic E-state index is 12.6. The summed E-state index contributed by atoms with van der Waals surface area (Å²) in [5, 5.41) is 5.89. The molecule has 35 heavy (non-hydrogen) atoms. The molecule has 1 aliphatic rings. The highest BCUT2D eigenvalue weighted by Crippen LogP contribution is 2.20. The normalized spacial score (nSPS) is 14.2. The van der Waals surface area contributed by atoms with Crippen molar-refractivity contribution in [2.24, 2.45) is 0 Å². The Hall–Kier alpha value is -4.17. The first-order valence-corrected chi connectivity index (χ1v) is 11.7. The van der Waals surface area contributed by atoms with E-state index in [4.69, 9.17) is 0 Å². The summed E-state index contributed by atoms with van der Waals surface area (Å²) in [5.41, 5.74) is 2.27. The molecule has 0 unspecified atom stereocenters.